The lowest BCUT2D eigenvalue weighted by Gasteiger charge is -2.20. The highest BCUT2D eigenvalue weighted by molar-refractivity contribution is 9.10. The predicted octanol–water partition coefficient (Wildman–Crippen LogP) is 5.61. The fraction of sp³-hybridized carbons (Fsp3) is 0.120. The first-order valence-electron chi connectivity index (χ1n) is 10.6. The summed E-state index contributed by atoms with van der Waals surface area (Å²) in [6.45, 7) is -0.816. The fourth-order valence-electron chi connectivity index (χ4n) is 3.69. The lowest BCUT2D eigenvalue weighted by Crippen LogP contribution is -2.19. The highest BCUT2D eigenvalue weighted by Gasteiger charge is 2.30. The van der Waals surface area contributed by atoms with Crippen LogP contribution in [0.25, 0.3) is 6.08 Å². The van der Waals surface area contributed by atoms with E-state index in [1.165, 1.54) is 24.3 Å². The number of allylic oxidation sites excluding steroid dienone is 1. The van der Waals surface area contributed by atoms with Crippen LogP contribution in [0.5, 0.6) is 23.0 Å². The van der Waals surface area contributed by atoms with Crippen LogP contribution in [-0.4, -0.2) is 25.2 Å². The number of Topliss-reactive ketones (excluding diaryl/α,β-unsaturated/α-hetero) is 1. The van der Waals surface area contributed by atoms with E-state index >= 15 is 0 Å². The minimum atomic E-state index is -2.36. The van der Waals surface area contributed by atoms with E-state index < -0.39 is 53.2 Å². The van der Waals surface area contributed by atoms with Crippen molar-refractivity contribution < 1.29 is 55.2 Å². The summed E-state index contributed by atoms with van der Waals surface area (Å²) >= 11 is 3.39. The van der Waals surface area contributed by atoms with Gasteiger partial charge in [-0.1, -0.05) is 15.9 Å². The van der Waals surface area contributed by atoms with Crippen LogP contribution in [0.15, 0.2) is 40.6 Å². The molecule has 2 heterocycles. The van der Waals surface area contributed by atoms with Crippen LogP contribution in [-0.2, 0) is 16.1 Å². The second-order valence-electron chi connectivity index (χ2n) is 7.85. The number of carbonyl (C=O) groups excluding carboxylic acids is 2. The van der Waals surface area contributed by atoms with Crippen molar-refractivity contribution in [2.24, 2.45) is 0 Å². The van der Waals surface area contributed by atoms with Crippen LogP contribution in [0.3, 0.4) is 0 Å². The van der Waals surface area contributed by atoms with E-state index in [2.05, 4.69) is 20.7 Å². The van der Waals surface area contributed by atoms with Crippen LogP contribution in [0.1, 0.15) is 21.5 Å². The molecular weight excluding hydrogens is 587 g/mol. The number of hydrogen-bond acceptors (Lipinski definition) is 7. The Morgan fingerprint density at radius 1 is 1.00 bits per heavy atom. The molecule has 0 aromatic heterocycles. The summed E-state index contributed by atoms with van der Waals surface area (Å²) in [7, 11) is 0. The molecule has 0 saturated heterocycles. The highest BCUT2D eigenvalue weighted by Crippen LogP contribution is 2.38. The van der Waals surface area contributed by atoms with Gasteiger partial charge in [-0.25, -0.2) is 18.0 Å². The zero-order valence-corrected chi connectivity index (χ0v) is 20.3. The molecule has 0 spiro atoms. The van der Waals surface area contributed by atoms with Gasteiger partial charge in [-0.2, -0.15) is 8.78 Å². The Hall–Kier alpha value is -3.97. The molecule has 196 valence electrons. The molecule has 7 nitrogen and oxygen atoms in total. The van der Waals surface area contributed by atoms with Crippen LogP contribution < -0.4 is 18.9 Å². The maximum absolute atomic E-state index is 13.7. The molecule has 5 rings (SSSR count). The maximum Gasteiger partial charge on any atom is 0.349 e. The topological polar surface area (TPSA) is 80.3 Å². The summed E-state index contributed by atoms with van der Waals surface area (Å²) in [5.41, 5.74) is 1.50. The Balaban J connectivity index is 1.30. The van der Waals surface area contributed by atoms with Crippen LogP contribution in [0, 0.1) is 29.1 Å². The molecule has 3 aromatic carbocycles. The van der Waals surface area contributed by atoms with Gasteiger partial charge in [0.1, 0.15) is 17.2 Å². The number of hydrogen-bond donors (Lipinski definition) is 0. The summed E-state index contributed by atoms with van der Waals surface area (Å²) in [5.74, 6) is -14.2. The number of ketones is 1. The van der Waals surface area contributed by atoms with Crippen molar-refractivity contribution in [1.29, 1.82) is 0 Å². The third-order valence-corrected chi connectivity index (χ3v) is 5.82. The van der Waals surface area contributed by atoms with Crippen molar-refractivity contribution in [2.75, 3.05) is 13.4 Å². The third-order valence-electron chi connectivity index (χ3n) is 5.37. The van der Waals surface area contributed by atoms with Crippen molar-refractivity contribution in [2.45, 2.75) is 6.61 Å². The molecule has 0 aliphatic carbocycles. The number of benzene rings is 3. The first kappa shape index (κ1) is 25.7. The van der Waals surface area contributed by atoms with Gasteiger partial charge in [-0.05, 0) is 30.3 Å². The van der Waals surface area contributed by atoms with Gasteiger partial charge in [0, 0.05) is 21.7 Å². The van der Waals surface area contributed by atoms with Gasteiger partial charge in [0.2, 0.25) is 34.9 Å². The van der Waals surface area contributed by atoms with Crippen molar-refractivity contribution >= 4 is 33.8 Å². The van der Waals surface area contributed by atoms with Crippen molar-refractivity contribution in [3.8, 4) is 23.0 Å². The van der Waals surface area contributed by atoms with Crippen LogP contribution in [0.4, 0.5) is 22.0 Å². The van der Waals surface area contributed by atoms with Gasteiger partial charge in [-0.3, -0.25) is 4.79 Å². The Labute approximate surface area is 218 Å². The van der Waals surface area contributed by atoms with Gasteiger partial charge in [0.15, 0.2) is 24.9 Å². The second kappa shape index (κ2) is 10.1. The van der Waals surface area contributed by atoms with E-state index in [0.29, 0.717) is 17.9 Å². The minimum Gasteiger partial charge on any atom is -0.476 e. The van der Waals surface area contributed by atoms with E-state index in [4.69, 9.17) is 18.9 Å². The number of ether oxygens (including phenoxy) is 5. The molecule has 0 N–H and O–H groups in total. The number of halogens is 6. The Bertz CT molecular complexity index is 1510. The van der Waals surface area contributed by atoms with Gasteiger partial charge in [0.25, 0.3) is 0 Å². The molecule has 13 heteroatoms. The third kappa shape index (κ3) is 4.70. The standard InChI is InChI=1S/C25H12BrF5O7/c26-12-3-10(24-11(4-12)7-34-9-36-24)5-16-23(33)14-2-1-13(6-15(14)38-16)37-17(32)8-35-25-21(30)19(28)18(27)20(29)22(25)31/h1-6H,7-9H2/b16-5-. The predicted molar refractivity (Wildman–Crippen MR) is 121 cm³/mol. The van der Waals surface area contributed by atoms with Crippen molar-refractivity contribution in [3.05, 3.63) is 86.3 Å². The summed E-state index contributed by atoms with van der Waals surface area (Å²) in [6.07, 6.45) is 1.49. The number of fused-ring (bicyclic) bond motifs is 2. The normalized spacial score (nSPS) is 15.0. The van der Waals surface area contributed by atoms with E-state index in [-0.39, 0.29) is 29.6 Å². The second-order valence-corrected chi connectivity index (χ2v) is 8.77. The van der Waals surface area contributed by atoms with E-state index in [9.17, 15) is 31.5 Å². The van der Waals surface area contributed by atoms with Gasteiger partial charge >= 0.3 is 5.97 Å². The van der Waals surface area contributed by atoms with Crippen molar-refractivity contribution in [3.63, 3.8) is 0 Å². The largest absolute Gasteiger partial charge is 0.476 e. The molecule has 0 atom stereocenters. The molecular formula is C25H12BrF5O7. The van der Waals surface area contributed by atoms with Gasteiger partial charge in [-0.15, -0.1) is 0 Å². The summed E-state index contributed by atoms with van der Waals surface area (Å²) in [4.78, 5) is 24.9. The first-order valence-corrected chi connectivity index (χ1v) is 11.4. The molecule has 38 heavy (non-hydrogen) atoms. The monoisotopic (exact) mass is 598 g/mol. The maximum atomic E-state index is 13.7. The van der Waals surface area contributed by atoms with Gasteiger partial charge in [0.05, 0.1) is 12.2 Å². The molecule has 0 saturated carbocycles. The highest BCUT2D eigenvalue weighted by atomic mass is 79.9. The molecule has 0 fully saturated rings. The molecule has 2 aliphatic rings. The smallest absolute Gasteiger partial charge is 0.349 e. The summed E-state index contributed by atoms with van der Waals surface area (Å²) < 4.78 is 93.8. The zero-order chi connectivity index (χ0) is 27.1. The molecule has 0 amide bonds. The molecule has 3 aromatic rings. The average molecular weight is 599 g/mol. The minimum absolute atomic E-state index is 0.0338. The first-order chi connectivity index (χ1) is 18.1. The molecule has 0 radical (unpaired) electrons. The van der Waals surface area contributed by atoms with Crippen LogP contribution >= 0.6 is 15.9 Å². The average Bonchev–Trinajstić information content (AvgIpc) is 3.20. The lowest BCUT2D eigenvalue weighted by atomic mass is 10.1. The Morgan fingerprint density at radius 2 is 1.71 bits per heavy atom. The number of esters is 1. The van der Waals surface area contributed by atoms with Crippen LogP contribution in [0.2, 0.25) is 0 Å². The fourth-order valence-corrected chi connectivity index (χ4v) is 4.21. The Kier molecular flexibility index (Phi) is 6.80. The van der Waals surface area contributed by atoms with E-state index in [1.807, 2.05) is 6.07 Å². The summed E-state index contributed by atoms with van der Waals surface area (Å²) in [5, 5.41) is 0. The Morgan fingerprint density at radius 3 is 2.45 bits per heavy atom. The van der Waals surface area contributed by atoms with E-state index in [0.717, 1.165) is 10.0 Å². The van der Waals surface area contributed by atoms with Gasteiger partial charge < -0.3 is 23.7 Å². The van der Waals surface area contributed by atoms with E-state index in [1.54, 1.807) is 6.07 Å². The number of carbonyl (C=O) groups is 2. The van der Waals surface area contributed by atoms with Crippen molar-refractivity contribution in [1.82, 2.24) is 0 Å². The summed E-state index contributed by atoms with van der Waals surface area (Å²) in [6, 6.07) is 7.34. The quantitative estimate of drug-likeness (QED) is 0.0943. The number of rotatable bonds is 5. The molecule has 0 bridgehead atoms. The lowest BCUT2D eigenvalue weighted by molar-refractivity contribution is -0.136. The molecule has 0 unspecified atom stereocenters. The SMILES string of the molecule is O=C(COc1c(F)c(F)c(F)c(F)c1F)Oc1ccc2c(c1)O/C(=C\c1cc(Br)cc3c1OCOC3)C2=O. The zero-order valence-electron chi connectivity index (χ0n) is 18.7. The molecule has 2 aliphatic heterocycles.